The van der Waals surface area contributed by atoms with Gasteiger partial charge in [-0.1, -0.05) is 17.3 Å². The van der Waals surface area contributed by atoms with Crippen molar-refractivity contribution in [3.05, 3.63) is 60.6 Å². The van der Waals surface area contributed by atoms with Gasteiger partial charge >= 0.3 is 0 Å². The van der Waals surface area contributed by atoms with E-state index >= 15 is 0 Å². The second-order valence-electron chi connectivity index (χ2n) is 5.81. The van der Waals surface area contributed by atoms with Gasteiger partial charge in [-0.2, -0.15) is 5.10 Å². The third-order valence-corrected chi connectivity index (χ3v) is 3.92. The third-order valence-electron chi connectivity index (χ3n) is 3.92. The van der Waals surface area contributed by atoms with Crippen LogP contribution in [-0.4, -0.2) is 44.1 Å². The maximum absolute atomic E-state index is 12.1. The molecule has 4 rings (SSSR count). The van der Waals surface area contributed by atoms with Crippen LogP contribution in [0.5, 0.6) is 0 Å². The molecule has 0 fully saturated rings. The summed E-state index contributed by atoms with van der Waals surface area (Å²) in [6.45, 7) is 0.984. The topological polar surface area (TPSA) is 111 Å². The minimum Gasteiger partial charge on any atom is -0.367 e. The summed E-state index contributed by atoms with van der Waals surface area (Å²) in [7, 11) is 0. The second-order valence-corrected chi connectivity index (χ2v) is 5.81. The average molecular weight is 363 g/mol. The van der Waals surface area contributed by atoms with Crippen LogP contribution in [0.4, 0.5) is 5.82 Å². The van der Waals surface area contributed by atoms with Crippen molar-refractivity contribution in [3.8, 4) is 5.82 Å². The fraction of sp³-hybridized carbons (Fsp3) is 0.167. The Balaban J connectivity index is 1.23. The first-order chi connectivity index (χ1) is 13.3. The van der Waals surface area contributed by atoms with Crippen molar-refractivity contribution in [2.75, 3.05) is 18.4 Å². The minimum absolute atomic E-state index is 0.115. The van der Waals surface area contributed by atoms with Crippen LogP contribution in [0.1, 0.15) is 5.69 Å². The Hall–Kier alpha value is -3.75. The Morgan fingerprint density at radius 3 is 2.81 bits per heavy atom. The van der Waals surface area contributed by atoms with E-state index in [1.54, 1.807) is 17.1 Å². The molecule has 1 amide bonds. The fourth-order valence-corrected chi connectivity index (χ4v) is 2.62. The number of benzene rings is 1. The number of carbonyl (C=O) groups is 1. The van der Waals surface area contributed by atoms with Crippen molar-refractivity contribution in [1.29, 1.82) is 0 Å². The molecule has 0 radical (unpaired) electrons. The monoisotopic (exact) mass is 363 g/mol. The molecule has 3 heterocycles. The van der Waals surface area contributed by atoms with Crippen molar-refractivity contribution in [3.63, 3.8) is 0 Å². The predicted octanol–water partition coefficient (Wildman–Crippen LogP) is 1.57. The number of nitrogens with one attached hydrogen (secondary N) is 2. The van der Waals surface area contributed by atoms with E-state index < -0.39 is 0 Å². The van der Waals surface area contributed by atoms with E-state index in [1.807, 2.05) is 42.5 Å². The summed E-state index contributed by atoms with van der Waals surface area (Å²) in [6.07, 6.45) is 3.65. The highest BCUT2D eigenvalue weighted by atomic mass is 16.5. The number of fused-ring (bicyclic) bond motifs is 1. The Bertz CT molecular complexity index is 1030. The Labute approximate surface area is 154 Å². The van der Waals surface area contributed by atoms with Gasteiger partial charge in [0.1, 0.15) is 11.5 Å². The summed E-state index contributed by atoms with van der Waals surface area (Å²) >= 11 is 0. The average Bonchev–Trinajstić information content (AvgIpc) is 3.37. The summed E-state index contributed by atoms with van der Waals surface area (Å²) in [5, 5.41) is 23.1. The van der Waals surface area contributed by atoms with E-state index in [-0.39, 0.29) is 12.3 Å². The van der Waals surface area contributed by atoms with Crippen molar-refractivity contribution in [2.45, 2.75) is 6.42 Å². The van der Waals surface area contributed by atoms with Crippen molar-refractivity contribution in [1.82, 2.24) is 30.5 Å². The number of hydrogen-bond donors (Lipinski definition) is 2. The summed E-state index contributed by atoms with van der Waals surface area (Å²) < 4.78 is 6.84. The van der Waals surface area contributed by atoms with Crippen molar-refractivity contribution < 1.29 is 9.32 Å². The molecular formula is C18H17N7O2. The molecule has 1 aromatic carbocycles. The van der Waals surface area contributed by atoms with E-state index in [1.165, 1.54) is 0 Å². The lowest BCUT2D eigenvalue weighted by atomic mass is 10.1. The van der Waals surface area contributed by atoms with Crippen LogP contribution < -0.4 is 10.6 Å². The van der Waals surface area contributed by atoms with E-state index in [4.69, 9.17) is 4.52 Å². The van der Waals surface area contributed by atoms with Gasteiger partial charge in [-0.3, -0.25) is 4.79 Å². The van der Waals surface area contributed by atoms with E-state index in [0.29, 0.717) is 36.0 Å². The lowest BCUT2D eigenvalue weighted by Crippen LogP contribution is -2.30. The van der Waals surface area contributed by atoms with Crippen LogP contribution in [-0.2, 0) is 11.2 Å². The van der Waals surface area contributed by atoms with Crippen LogP contribution in [0.2, 0.25) is 0 Å². The molecule has 136 valence electrons. The number of amides is 1. The van der Waals surface area contributed by atoms with Crippen molar-refractivity contribution in [2.24, 2.45) is 0 Å². The van der Waals surface area contributed by atoms with Crippen LogP contribution in [0.25, 0.3) is 16.8 Å². The zero-order valence-electron chi connectivity index (χ0n) is 14.4. The molecule has 4 aromatic rings. The standard InChI is InChI=1S/C18H17N7O2/c26-18(12-14-13-4-1-2-5-15(13)27-24-14)20-10-9-19-16-6-7-17(23-22-16)25-11-3-8-21-25/h1-8,11H,9-10,12H2,(H,19,22)(H,20,26). The molecule has 0 saturated heterocycles. The molecule has 0 atom stereocenters. The molecule has 0 spiro atoms. The molecule has 0 aliphatic heterocycles. The number of hydrogen-bond acceptors (Lipinski definition) is 7. The smallest absolute Gasteiger partial charge is 0.226 e. The van der Waals surface area contributed by atoms with Gasteiger partial charge in [0.15, 0.2) is 11.4 Å². The normalized spacial score (nSPS) is 10.8. The molecule has 0 unspecified atom stereocenters. The van der Waals surface area contributed by atoms with Gasteiger partial charge in [0, 0.05) is 30.9 Å². The fourth-order valence-electron chi connectivity index (χ4n) is 2.62. The highest BCUT2D eigenvalue weighted by Crippen LogP contribution is 2.17. The molecular weight excluding hydrogens is 346 g/mol. The Morgan fingerprint density at radius 1 is 1.07 bits per heavy atom. The lowest BCUT2D eigenvalue weighted by Gasteiger charge is -2.07. The van der Waals surface area contributed by atoms with Gasteiger partial charge < -0.3 is 15.2 Å². The number of anilines is 1. The number of nitrogens with zero attached hydrogens (tertiary/aromatic N) is 5. The van der Waals surface area contributed by atoms with Gasteiger partial charge in [-0.25, -0.2) is 4.68 Å². The molecule has 0 aliphatic rings. The number of aromatic nitrogens is 5. The zero-order chi connectivity index (χ0) is 18.5. The van der Waals surface area contributed by atoms with Gasteiger partial charge in [0.05, 0.1) is 6.42 Å². The van der Waals surface area contributed by atoms with E-state index in [9.17, 15) is 4.79 Å². The second kappa shape index (κ2) is 7.65. The first kappa shape index (κ1) is 16.7. The molecule has 9 nitrogen and oxygen atoms in total. The summed E-state index contributed by atoms with van der Waals surface area (Å²) in [5.41, 5.74) is 1.32. The van der Waals surface area contributed by atoms with Gasteiger partial charge in [0.25, 0.3) is 0 Å². The number of para-hydroxylation sites is 1. The maximum Gasteiger partial charge on any atom is 0.226 e. The molecule has 0 bridgehead atoms. The van der Waals surface area contributed by atoms with Crippen LogP contribution in [0, 0.1) is 0 Å². The van der Waals surface area contributed by atoms with Gasteiger partial charge in [-0.05, 0) is 30.3 Å². The highest BCUT2D eigenvalue weighted by Gasteiger charge is 2.11. The Kier molecular flexibility index (Phi) is 4.73. The summed E-state index contributed by atoms with van der Waals surface area (Å²) in [6, 6.07) is 12.9. The largest absolute Gasteiger partial charge is 0.367 e. The van der Waals surface area contributed by atoms with Crippen LogP contribution >= 0.6 is 0 Å². The Morgan fingerprint density at radius 2 is 2.00 bits per heavy atom. The van der Waals surface area contributed by atoms with Gasteiger partial charge in [0.2, 0.25) is 5.91 Å². The van der Waals surface area contributed by atoms with Crippen LogP contribution in [0.15, 0.2) is 59.4 Å². The quantitative estimate of drug-likeness (QED) is 0.480. The maximum atomic E-state index is 12.1. The molecule has 27 heavy (non-hydrogen) atoms. The van der Waals surface area contributed by atoms with Crippen molar-refractivity contribution >= 4 is 22.7 Å². The molecule has 0 aliphatic carbocycles. The summed E-state index contributed by atoms with van der Waals surface area (Å²) in [4.78, 5) is 12.1. The molecule has 3 aromatic heterocycles. The van der Waals surface area contributed by atoms with Gasteiger partial charge in [-0.15, -0.1) is 10.2 Å². The third kappa shape index (κ3) is 3.92. The zero-order valence-corrected chi connectivity index (χ0v) is 14.4. The molecule has 0 saturated carbocycles. The summed E-state index contributed by atoms with van der Waals surface area (Å²) in [5.74, 6) is 1.15. The molecule has 2 N–H and O–H groups in total. The van der Waals surface area contributed by atoms with Crippen LogP contribution in [0.3, 0.4) is 0 Å². The predicted molar refractivity (Wildman–Crippen MR) is 98.4 cm³/mol. The number of carbonyl (C=O) groups excluding carboxylic acids is 1. The minimum atomic E-state index is -0.115. The number of rotatable bonds is 7. The first-order valence-electron chi connectivity index (χ1n) is 8.47. The van der Waals surface area contributed by atoms with E-state index in [2.05, 4.69) is 31.1 Å². The lowest BCUT2D eigenvalue weighted by molar-refractivity contribution is -0.120. The first-order valence-corrected chi connectivity index (χ1v) is 8.47. The van der Waals surface area contributed by atoms with E-state index in [0.717, 1.165) is 5.39 Å². The highest BCUT2D eigenvalue weighted by molar-refractivity contribution is 5.86. The molecule has 9 heteroatoms. The SMILES string of the molecule is O=C(Cc1noc2ccccc12)NCCNc1ccc(-n2cccn2)nn1.